The van der Waals surface area contributed by atoms with Crippen LogP contribution >= 0.6 is 23.2 Å². The molecule has 0 atom stereocenters. The van der Waals surface area contributed by atoms with Crippen LogP contribution in [0.5, 0.6) is 5.75 Å². The molecule has 0 radical (unpaired) electrons. The SMILES string of the molecule is O=C(/C=C/C(=O)Oc1cc(Cl)ccc1Cl)OCC(F)(F)C(F)F. The third kappa shape index (κ3) is 6.45. The monoisotopic (exact) mass is 374 g/mol. The van der Waals surface area contributed by atoms with Gasteiger partial charge in [-0.25, -0.2) is 18.4 Å². The van der Waals surface area contributed by atoms with Gasteiger partial charge in [-0.15, -0.1) is 0 Å². The summed E-state index contributed by atoms with van der Waals surface area (Å²) in [5.74, 6) is -7.06. The molecule has 0 aliphatic heterocycles. The smallest absolute Gasteiger partial charge is 0.340 e. The Bertz CT molecular complexity index is 620. The van der Waals surface area contributed by atoms with Gasteiger partial charge in [0.1, 0.15) is 0 Å². The van der Waals surface area contributed by atoms with Crippen LogP contribution in [-0.4, -0.2) is 30.9 Å². The molecule has 1 aromatic carbocycles. The number of alkyl halides is 4. The Morgan fingerprint density at radius 2 is 1.78 bits per heavy atom. The molecule has 0 aliphatic rings. The van der Waals surface area contributed by atoms with Crippen molar-refractivity contribution in [1.29, 1.82) is 0 Å². The molecule has 126 valence electrons. The summed E-state index contributed by atoms with van der Waals surface area (Å²) >= 11 is 11.4. The van der Waals surface area contributed by atoms with E-state index in [9.17, 15) is 27.2 Å². The zero-order chi connectivity index (χ0) is 17.6. The number of esters is 2. The molecule has 0 aromatic heterocycles. The van der Waals surface area contributed by atoms with Crippen molar-refractivity contribution in [3.05, 3.63) is 40.4 Å². The normalized spacial score (nSPS) is 11.8. The highest BCUT2D eigenvalue weighted by molar-refractivity contribution is 6.34. The van der Waals surface area contributed by atoms with Crippen molar-refractivity contribution in [3.8, 4) is 5.75 Å². The Morgan fingerprint density at radius 3 is 2.39 bits per heavy atom. The first kappa shape index (κ1) is 19.2. The predicted molar refractivity (Wildman–Crippen MR) is 73.1 cm³/mol. The minimum atomic E-state index is -4.47. The Morgan fingerprint density at radius 1 is 1.17 bits per heavy atom. The van der Waals surface area contributed by atoms with E-state index >= 15 is 0 Å². The minimum Gasteiger partial charge on any atom is -0.456 e. The van der Waals surface area contributed by atoms with Crippen LogP contribution in [0.3, 0.4) is 0 Å². The van der Waals surface area contributed by atoms with Crippen LogP contribution in [0, 0.1) is 0 Å². The molecule has 10 heteroatoms. The summed E-state index contributed by atoms with van der Waals surface area (Å²) < 4.78 is 57.3. The molecule has 1 aromatic rings. The Hall–Kier alpha value is -1.80. The highest BCUT2D eigenvalue weighted by atomic mass is 35.5. The number of hydrogen-bond acceptors (Lipinski definition) is 4. The maximum absolute atomic E-state index is 12.5. The molecule has 4 nitrogen and oxygen atoms in total. The molecule has 0 amide bonds. The van der Waals surface area contributed by atoms with Gasteiger partial charge >= 0.3 is 24.3 Å². The van der Waals surface area contributed by atoms with Crippen molar-refractivity contribution in [2.75, 3.05) is 6.61 Å². The maximum atomic E-state index is 12.5. The number of carbonyl (C=O) groups excluding carboxylic acids is 2. The van der Waals surface area contributed by atoms with Gasteiger partial charge in [0.25, 0.3) is 0 Å². The highest BCUT2D eigenvalue weighted by Gasteiger charge is 2.42. The van der Waals surface area contributed by atoms with E-state index in [1.165, 1.54) is 18.2 Å². The molecule has 0 N–H and O–H groups in total. The summed E-state index contributed by atoms with van der Waals surface area (Å²) in [5, 5.41) is 0.296. The van der Waals surface area contributed by atoms with E-state index in [1.807, 2.05) is 0 Å². The van der Waals surface area contributed by atoms with Crippen LogP contribution in [-0.2, 0) is 14.3 Å². The highest BCUT2D eigenvalue weighted by Crippen LogP contribution is 2.27. The molecule has 0 saturated heterocycles. The molecular weight excluding hydrogens is 367 g/mol. The van der Waals surface area contributed by atoms with Gasteiger partial charge in [0, 0.05) is 23.2 Å². The first-order chi connectivity index (χ1) is 10.6. The summed E-state index contributed by atoms with van der Waals surface area (Å²) in [6, 6.07) is 4.03. The second kappa shape index (κ2) is 8.16. The maximum Gasteiger partial charge on any atom is 0.340 e. The van der Waals surface area contributed by atoms with Crippen molar-refractivity contribution in [1.82, 2.24) is 0 Å². The molecule has 0 saturated carbocycles. The number of ether oxygens (including phenoxy) is 2. The van der Waals surface area contributed by atoms with E-state index < -0.39 is 30.9 Å². The fourth-order valence-electron chi connectivity index (χ4n) is 1.11. The fourth-order valence-corrected chi connectivity index (χ4v) is 1.43. The molecule has 1 rings (SSSR count). The predicted octanol–water partition coefficient (Wildman–Crippen LogP) is 3.90. The lowest BCUT2D eigenvalue weighted by Gasteiger charge is -2.13. The molecule has 23 heavy (non-hydrogen) atoms. The average molecular weight is 375 g/mol. The van der Waals surface area contributed by atoms with Crippen molar-refractivity contribution in [2.24, 2.45) is 0 Å². The summed E-state index contributed by atoms with van der Waals surface area (Å²) in [6.07, 6.45) is -2.98. The first-order valence-corrected chi connectivity index (χ1v) is 6.55. The minimum absolute atomic E-state index is 0.0651. The van der Waals surface area contributed by atoms with Gasteiger partial charge in [0.05, 0.1) is 5.02 Å². The summed E-state index contributed by atoms with van der Waals surface area (Å²) in [5.41, 5.74) is 0. The third-order valence-corrected chi connectivity index (χ3v) is 2.73. The Balaban J connectivity index is 2.55. The summed E-state index contributed by atoms with van der Waals surface area (Å²) in [6.45, 7) is -1.82. The van der Waals surface area contributed by atoms with Crippen LogP contribution in [0.2, 0.25) is 10.0 Å². The summed E-state index contributed by atoms with van der Waals surface area (Å²) in [4.78, 5) is 22.5. The lowest BCUT2D eigenvalue weighted by atomic mass is 10.3. The topological polar surface area (TPSA) is 52.6 Å². The van der Waals surface area contributed by atoms with E-state index in [-0.39, 0.29) is 15.8 Å². The zero-order valence-corrected chi connectivity index (χ0v) is 12.6. The van der Waals surface area contributed by atoms with Crippen LogP contribution < -0.4 is 4.74 Å². The molecule has 0 aliphatic carbocycles. The third-order valence-electron chi connectivity index (χ3n) is 2.19. The van der Waals surface area contributed by atoms with Crippen molar-refractivity contribution in [2.45, 2.75) is 12.3 Å². The Kier molecular flexibility index (Phi) is 6.83. The number of rotatable bonds is 6. The van der Waals surface area contributed by atoms with E-state index in [0.29, 0.717) is 12.2 Å². The number of halogens is 6. The molecule has 0 heterocycles. The van der Waals surface area contributed by atoms with Gasteiger partial charge in [0.15, 0.2) is 12.4 Å². The van der Waals surface area contributed by atoms with Gasteiger partial charge in [-0.3, -0.25) is 0 Å². The molecule has 0 fully saturated rings. The first-order valence-electron chi connectivity index (χ1n) is 5.79. The average Bonchev–Trinajstić information content (AvgIpc) is 2.46. The van der Waals surface area contributed by atoms with E-state index in [2.05, 4.69) is 4.74 Å². The van der Waals surface area contributed by atoms with Crippen molar-refractivity contribution < 1.29 is 36.6 Å². The van der Waals surface area contributed by atoms with E-state index in [0.717, 1.165) is 0 Å². The van der Waals surface area contributed by atoms with Gasteiger partial charge in [0.2, 0.25) is 0 Å². The summed E-state index contributed by atoms with van der Waals surface area (Å²) in [7, 11) is 0. The van der Waals surface area contributed by atoms with Crippen molar-refractivity contribution >= 4 is 35.1 Å². The van der Waals surface area contributed by atoms with Gasteiger partial charge in [-0.2, -0.15) is 8.78 Å². The quantitative estimate of drug-likeness (QED) is 0.328. The fraction of sp³-hybridized carbons (Fsp3) is 0.231. The van der Waals surface area contributed by atoms with Gasteiger partial charge < -0.3 is 9.47 Å². The van der Waals surface area contributed by atoms with Gasteiger partial charge in [-0.05, 0) is 12.1 Å². The zero-order valence-electron chi connectivity index (χ0n) is 11.1. The van der Waals surface area contributed by atoms with E-state index in [4.69, 9.17) is 27.9 Å². The van der Waals surface area contributed by atoms with E-state index in [1.54, 1.807) is 0 Å². The second-order valence-corrected chi connectivity index (χ2v) is 4.84. The standard InChI is InChI=1S/C13H8Cl2F4O4/c14-7-1-2-8(15)9(5-7)23-11(21)4-3-10(20)22-6-13(18,19)12(16)17/h1-5,12H,6H2/b4-3+. The largest absolute Gasteiger partial charge is 0.456 e. The lowest BCUT2D eigenvalue weighted by molar-refractivity contribution is -0.176. The van der Waals surface area contributed by atoms with Crippen LogP contribution in [0.15, 0.2) is 30.4 Å². The molecule has 0 spiro atoms. The second-order valence-electron chi connectivity index (χ2n) is 4.00. The molecule has 0 unspecified atom stereocenters. The molecular formula is C13H8Cl2F4O4. The van der Waals surface area contributed by atoms with Gasteiger partial charge in [-0.1, -0.05) is 23.2 Å². The van der Waals surface area contributed by atoms with Crippen LogP contribution in [0.1, 0.15) is 0 Å². The number of hydrogen-bond donors (Lipinski definition) is 0. The number of benzene rings is 1. The molecule has 0 bridgehead atoms. The van der Waals surface area contributed by atoms with Crippen molar-refractivity contribution in [3.63, 3.8) is 0 Å². The van der Waals surface area contributed by atoms with Crippen LogP contribution in [0.4, 0.5) is 17.6 Å². The number of carbonyl (C=O) groups is 2. The van der Waals surface area contributed by atoms with Crippen LogP contribution in [0.25, 0.3) is 0 Å². The lowest BCUT2D eigenvalue weighted by Crippen LogP contribution is -2.33. The Labute approximate surface area is 137 Å².